The van der Waals surface area contributed by atoms with Crippen LogP contribution in [0.3, 0.4) is 0 Å². The fraction of sp³-hybridized carbons (Fsp3) is 0.467. The highest BCUT2D eigenvalue weighted by Crippen LogP contribution is 2.30. The summed E-state index contributed by atoms with van der Waals surface area (Å²) in [5.74, 6) is -2.70. The maximum Gasteiger partial charge on any atom is 0.416 e. The quantitative estimate of drug-likeness (QED) is 0.780. The van der Waals surface area contributed by atoms with Crippen molar-refractivity contribution in [1.82, 2.24) is 9.62 Å². The number of carbonyl (C=O) groups excluding carboxylic acids is 1. The number of hydrogen-bond donors (Lipinski definition) is 2. The van der Waals surface area contributed by atoms with Gasteiger partial charge in [-0.05, 0) is 24.1 Å². The van der Waals surface area contributed by atoms with Gasteiger partial charge in [0.05, 0.1) is 22.9 Å². The van der Waals surface area contributed by atoms with Gasteiger partial charge in [-0.2, -0.15) is 13.2 Å². The highest BCUT2D eigenvalue weighted by Gasteiger charge is 2.37. The highest BCUT2D eigenvalue weighted by atomic mass is 32.2. The fourth-order valence-electron chi connectivity index (χ4n) is 2.68. The lowest BCUT2D eigenvalue weighted by atomic mass is 9.99. The second-order valence-corrected chi connectivity index (χ2v) is 7.84. The molecule has 7 nitrogen and oxygen atoms in total. The first kappa shape index (κ1) is 20.2. The lowest BCUT2D eigenvalue weighted by Gasteiger charge is -2.16. The molecule has 1 amide bonds. The summed E-state index contributed by atoms with van der Waals surface area (Å²) in [7, 11) is -4.32. The Kier molecular flexibility index (Phi) is 5.61. The van der Waals surface area contributed by atoms with Crippen molar-refractivity contribution in [2.75, 3.05) is 19.6 Å². The topological polar surface area (TPSA) is 104 Å². The summed E-state index contributed by atoms with van der Waals surface area (Å²) in [6.07, 6.45) is -4.70. The maximum atomic E-state index is 12.7. The van der Waals surface area contributed by atoms with E-state index >= 15 is 0 Å². The third kappa shape index (κ3) is 4.52. The van der Waals surface area contributed by atoms with Gasteiger partial charge in [-0.25, -0.2) is 13.1 Å². The summed E-state index contributed by atoms with van der Waals surface area (Å²) >= 11 is 0. The van der Waals surface area contributed by atoms with Crippen LogP contribution in [0.4, 0.5) is 13.2 Å². The molecule has 0 unspecified atom stereocenters. The molecule has 0 aliphatic carbocycles. The summed E-state index contributed by atoms with van der Waals surface area (Å²) in [4.78, 5) is 23.8. The number of benzene rings is 1. The maximum absolute atomic E-state index is 12.7. The first-order valence-corrected chi connectivity index (χ1v) is 9.07. The molecule has 144 valence electrons. The molecule has 1 saturated heterocycles. The molecule has 0 radical (unpaired) electrons. The monoisotopic (exact) mass is 394 g/mol. The Labute approximate surface area is 147 Å². The second kappa shape index (κ2) is 7.23. The summed E-state index contributed by atoms with van der Waals surface area (Å²) in [6, 6.07) is 3.16. The van der Waals surface area contributed by atoms with E-state index in [1.165, 1.54) is 4.90 Å². The predicted octanol–water partition coefficient (Wildman–Crippen LogP) is 1.16. The molecule has 1 heterocycles. The fourth-order valence-corrected chi connectivity index (χ4v) is 3.70. The molecule has 11 heteroatoms. The Hall–Kier alpha value is -2.14. The van der Waals surface area contributed by atoms with Gasteiger partial charge >= 0.3 is 12.1 Å². The van der Waals surface area contributed by atoms with Gasteiger partial charge < -0.3 is 10.0 Å². The van der Waals surface area contributed by atoms with Crippen LogP contribution in [-0.2, 0) is 25.8 Å². The zero-order chi connectivity index (χ0) is 19.7. The highest BCUT2D eigenvalue weighted by molar-refractivity contribution is 7.89. The van der Waals surface area contributed by atoms with E-state index in [0.29, 0.717) is 6.07 Å². The number of halogens is 3. The minimum atomic E-state index is -4.70. The van der Waals surface area contributed by atoms with Crippen molar-refractivity contribution in [3.05, 3.63) is 29.8 Å². The molecule has 0 spiro atoms. The van der Waals surface area contributed by atoms with E-state index in [0.717, 1.165) is 18.2 Å². The number of carbonyl (C=O) groups is 2. The van der Waals surface area contributed by atoms with E-state index in [1.807, 2.05) is 4.72 Å². The van der Waals surface area contributed by atoms with Gasteiger partial charge in [-0.15, -0.1) is 0 Å². The first-order valence-electron chi connectivity index (χ1n) is 7.59. The molecule has 2 rings (SSSR count). The molecule has 1 fully saturated rings. The molecule has 1 aliphatic heterocycles. The predicted molar refractivity (Wildman–Crippen MR) is 83.5 cm³/mol. The molecule has 0 saturated carbocycles. The third-order valence-electron chi connectivity index (χ3n) is 4.17. The molecule has 26 heavy (non-hydrogen) atoms. The molecule has 0 bridgehead atoms. The number of nitrogens with one attached hydrogen (secondary N) is 1. The van der Waals surface area contributed by atoms with Crippen LogP contribution in [-0.4, -0.2) is 49.9 Å². The van der Waals surface area contributed by atoms with Crippen LogP contribution in [0, 0.1) is 11.8 Å². The molecular formula is C15H17F3N2O5S. The van der Waals surface area contributed by atoms with Crippen molar-refractivity contribution < 1.29 is 36.3 Å². The molecule has 2 atom stereocenters. The zero-order valence-electron chi connectivity index (χ0n) is 13.7. The number of amides is 1. The van der Waals surface area contributed by atoms with Gasteiger partial charge in [0, 0.05) is 13.1 Å². The van der Waals surface area contributed by atoms with Crippen LogP contribution in [0.25, 0.3) is 0 Å². The van der Waals surface area contributed by atoms with Crippen LogP contribution in [0.5, 0.6) is 0 Å². The average Bonchev–Trinajstić information content (AvgIpc) is 2.94. The van der Waals surface area contributed by atoms with Gasteiger partial charge in [0.15, 0.2) is 0 Å². The Morgan fingerprint density at radius 2 is 1.96 bits per heavy atom. The molecular weight excluding hydrogens is 377 g/mol. The zero-order valence-corrected chi connectivity index (χ0v) is 14.5. The Morgan fingerprint density at radius 1 is 1.31 bits per heavy atom. The van der Waals surface area contributed by atoms with Crippen molar-refractivity contribution in [2.45, 2.75) is 18.0 Å². The van der Waals surface area contributed by atoms with Crippen LogP contribution >= 0.6 is 0 Å². The van der Waals surface area contributed by atoms with Gasteiger partial charge in [-0.1, -0.05) is 13.0 Å². The van der Waals surface area contributed by atoms with Crippen molar-refractivity contribution in [1.29, 1.82) is 0 Å². The third-order valence-corrected chi connectivity index (χ3v) is 5.57. The lowest BCUT2D eigenvalue weighted by Crippen LogP contribution is -2.39. The normalized spacial score (nSPS) is 21.0. The summed E-state index contributed by atoms with van der Waals surface area (Å²) in [5.41, 5.74) is -1.12. The number of sulfonamides is 1. The van der Waals surface area contributed by atoms with Crippen LogP contribution in [0.1, 0.15) is 12.5 Å². The van der Waals surface area contributed by atoms with Crippen molar-refractivity contribution >= 4 is 21.9 Å². The SMILES string of the molecule is C[C@@H]1CN(C(=O)CNS(=O)(=O)c2cccc(C(F)(F)F)c2)C[C@H]1C(=O)O. The standard InChI is InChI=1S/C15H17F3N2O5S/c1-9-7-20(8-12(9)14(22)23)13(21)6-19-26(24,25)11-4-2-3-10(5-11)15(16,17)18/h2-5,9,12,19H,6-8H2,1H3,(H,22,23)/t9-,12-/m1/s1. The molecule has 1 aromatic carbocycles. The molecule has 1 aromatic rings. The van der Waals surface area contributed by atoms with E-state index in [1.54, 1.807) is 6.92 Å². The smallest absolute Gasteiger partial charge is 0.416 e. The van der Waals surface area contributed by atoms with E-state index in [-0.39, 0.29) is 19.0 Å². The van der Waals surface area contributed by atoms with E-state index in [4.69, 9.17) is 5.11 Å². The lowest BCUT2D eigenvalue weighted by molar-refractivity contribution is -0.142. The van der Waals surface area contributed by atoms with Crippen molar-refractivity contribution in [2.24, 2.45) is 11.8 Å². The molecule has 0 aromatic heterocycles. The summed E-state index contributed by atoms with van der Waals surface area (Å²) in [6.45, 7) is 1.12. The number of alkyl halides is 3. The van der Waals surface area contributed by atoms with Crippen LogP contribution < -0.4 is 4.72 Å². The number of aliphatic carboxylic acids is 1. The van der Waals surface area contributed by atoms with Crippen LogP contribution in [0.2, 0.25) is 0 Å². The number of carboxylic acids is 1. The summed E-state index contributed by atoms with van der Waals surface area (Å²) < 4.78 is 64.3. The second-order valence-electron chi connectivity index (χ2n) is 6.07. The molecule has 1 aliphatic rings. The van der Waals surface area contributed by atoms with E-state index in [2.05, 4.69) is 0 Å². The number of hydrogen-bond acceptors (Lipinski definition) is 4. The Balaban J connectivity index is 2.05. The summed E-state index contributed by atoms with van der Waals surface area (Å²) in [5, 5.41) is 9.04. The van der Waals surface area contributed by atoms with Gasteiger partial charge in [0.25, 0.3) is 0 Å². The number of nitrogens with zero attached hydrogens (tertiary/aromatic N) is 1. The molecule has 2 N–H and O–H groups in total. The number of likely N-dealkylation sites (tertiary alicyclic amines) is 1. The number of carboxylic acid groups (broad SMARTS) is 1. The number of rotatable bonds is 5. The van der Waals surface area contributed by atoms with E-state index in [9.17, 15) is 31.2 Å². The van der Waals surface area contributed by atoms with E-state index < -0.39 is 51.0 Å². The Bertz CT molecular complexity index is 810. The van der Waals surface area contributed by atoms with Crippen LogP contribution in [0.15, 0.2) is 29.2 Å². The van der Waals surface area contributed by atoms with Crippen molar-refractivity contribution in [3.8, 4) is 0 Å². The average molecular weight is 394 g/mol. The minimum absolute atomic E-state index is 0.0411. The van der Waals surface area contributed by atoms with Gasteiger partial charge in [0.1, 0.15) is 0 Å². The first-order chi connectivity index (χ1) is 11.9. The van der Waals surface area contributed by atoms with Gasteiger partial charge in [0.2, 0.25) is 15.9 Å². The Morgan fingerprint density at radius 3 is 2.50 bits per heavy atom. The minimum Gasteiger partial charge on any atom is -0.481 e. The van der Waals surface area contributed by atoms with Gasteiger partial charge in [-0.3, -0.25) is 9.59 Å². The van der Waals surface area contributed by atoms with Crippen molar-refractivity contribution in [3.63, 3.8) is 0 Å². The largest absolute Gasteiger partial charge is 0.481 e.